The van der Waals surface area contributed by atoms with Crippen molar-refractivity contribution >= 4 is 11.8 Å². The number of fused-ring (bicyclic) bond motifs is 8. The maximum atomic E-state index is 14.2. The molecule has 1 aliphatic heterocycles. The van der Waals surface area contributed by atoms with Crippen LogP contribution in [0.5, 0.6) is 0 Å². The third kappa shape index (κ3) is 7.91. The van der Waals surface area contributed by atoms with Crippen molar-refractivity contribution in [1.29, 1.82) is 0 Å². The van der Waals surface area contributed by atoms with Gasteiger partial charge in [-0.25, -0.2) is 4.79 Å². The number of ether oxygens (including phenoxy) is 1. The zero-order valence-corrected chi connectivity index (χ0v) is 29.9. The lowest BCUT2D eigenvalue weighted by atomic mass is 9.64. The Hall–Kier alpha value is -3.78. The highest BCUT2D eigenvalue weighted by Gasteiger charge is 2.58. The molecule has 1 heterocycles. The van der Waals surface area contributed by atoms with Gasteiger partial charge in [-0.1, -0.05) is 91.4 Å². The van der Waals surface area contributed by atoms with Gasteiger partial charge in [0.15, 0.2) is 5.78 Å². The molecule has 2 amide bonds. The number of carbonyl (C=O) groups is 2. The third-order valence-corrected chi connectivity index (χ3v) is 11.8. The van der Waals surface area contributed by atoms with Gasteiger partial charge in [0, 0.05) is 29.7 Å². The Morgan fingerprint density at radius 3 is 2.46 bits per heavy atom. The van der Waals surface area contributed by atoms with Crippen molar-refractivity contribution in [3.8, 4) is 0 Å². The fourth-order valence-corrected chi connectivity index (χ4v) is 8.61. The molecule has 1 saturated carbocycles. The summed E-state index contributed by atoms with van der Waals surface area (Å²) < 4.78 is 6.02. The van der Waals surface area contributed by atoms with Gasteiger partial charge in [0.25, 0.3) is 0 Å². The minimum absolute atomic E-state index is 0.0492. The number of hydrogen-bond donors (Lipinski definition) is 3. The number of nitrogens with zero attached hydrogens (tertiary/aromatic N) is 1. The molecule has 0 unspecified atom stereocenters. The number of aliphatic hydroxyl groups excluding tert-OH is 1. The molecule has 3 aliphatic carbocycles. The van der Waals surface area contributed by atoms with Crippen LogP contribution in [0.2, 0.25) is 0 Å². The van der Waals surface area contributed by atoms with Crippen molar-refractivity contribution in [2.24, 2.45) is 5.41 Å². The molecule has 3 N–H and O–H groups in total. The lowest BCUT2D eigenvalue weighted by molar-refractivity contribution is -0.0808. The van der Waals surface area contributed by atoms with Gasteiger partial charge >= 0.3 is 6.03 Å². The van der Waals surface area contributed by atoms with Crippen molar-refractivity contribution in [1.82, 2.24) is 10.2 Å². The minimum Gasteiger partial charge on any atom is -0.393 e. The van der Waals surface area contributed by atoms with Crippen LogP contribution in [0.1, 0.15) is 117 Å². The molecule has 7 heteroatoms. The maximum Gasteiger partial charge on any atom is 0.318 e. The van der Waals surface area contributed by atoms with Crippen LogP contribution < -0.4 is 5.32 Å². The number of hydrogen-bond acceptors (Lipinski definition) is 5. The number of amides is 2. The molecule has 7 rings (SSSR count). The lowest BCUT2D eigenvalue weighted by Crippen LogP contribution is -2.56. The fourth-order valence-electron chi connectivity index (χ4n) is 8.61. The molecule has 1 saturated heterocycles. The summed E-state index contributed by atoms with van der Waals surface area (Å²) in [7, 11) is 0. The summed E-state index contributed by atoms with van der Waals surface area (Å²) in [5, 5.41) is 27.1. The second-order valence-corrected chi connectivity index (χ2v) is 15.2. The predicted octanol–water partition coefficient (Wildman–Crippen LogP) is 7.91. The molecular formula is C43H54N2O5. The van der Waals surface area contributed by atoms with Crippen LogP contribution in [0.4, 0.5) is 4.79 Å². The topological polar surface area (TPSA) is 99.1 Å². The van der Waals surface area contributed by atoms with Crippen molar-refractivity contribution in [2.45, 2.75) is 108 Å². The molecule has 0 radical (unpaired) electrons. The summed E-state index contributed by atoms with van der Waals surface area (Å²) in [6.07, 6.45) is 8.03. The second-order valence-electron chi connectivity index (χ2n) is 15.2. The average molecular weight is 679 g/mol. The van der Waals surface area contributed by atoms with Gasteiger partial charge in [-0.15, -0.1) is 0 Å². The van der Waals surface area contributed by atoms with E-state index in [0.29, 0.717) is 56.4 Å². The Labute approximate surface area is 297 Å². The summed E-state index contributed by atoms with van der Waals surface area (Å²) in [6.45, 7) is 7.53. The van der Waals surface area contributed by atoms with Gasteiger partial charge in [0.05, 0.1) is 30.4 Å². The second kappa shape index (κ2) is 15.6. The van der Waals surface area contributed by atoms with E-state index in [1.54, 1.807) is 4.90 Å². The number of allylic oxidation sites excluding steroid dienone is 2. The monoisotopic (exact) mass is 678 g/mol. The van der Waals surface area contributed by atoms with E-state index in [2.05, 4.69) is 37.4 Å². The molecule has 0 spiro atoms. The van der Waals surface area contributed by atoms with Gasteiger partial charge in [-0.2, -0.15) is 0 Å². The molecular weight excluding hydrogens is 624 g/mol. The van der Waals surface area contributed by atoms with Crippen LogP contribution in [0.3, 0.4) is 0 Å². The summed E-state index contributed by atoms with van der Waals surface area (Å²) in [5.41, 5.74) is 3.49. The Balaban J connectivity index is 1.38. The molecule has 3 aromatic carbocycles. The first-order chi connectivity index (χ1) is 24.1. The largest absolute Gasteiger partial charge is 0.393 e. The van der Waals surface area contributed by atoms with E-state index in [0.717, 1.165) is 42.4 Å². The molecule has 266 valence electrons. The van der Waals surface area contributed by atoms with Crippen LogP contribution in [0, 0.1) is 5.41 Å². The quantitative estimate of drug-likeness (QED) is 0.166. The van der Waals surface area contributed by atoms with Crippen LogP contribution in [-0.2, 0) is 11.2 Å². The van der Waals surface area contributed by atoms with E-state index in [1.807, 2.05) is 73.7 Å². The summed E-state index contributed by atoms with van der Waals surface area (Å²) in [6, 6.07) is 25.0. The average Bonchev–Trinajstić information content (AvgIpc) is 3.72. The smallest absolute Gasteiger partial charge is 0.318 e. The van der Waals surface area contributed by atoms with Crippen LogP contribution in [0.15, 0.2) is 90.5 Å². The number of nitrogens with one attached hydrogen (secondary N) is 1. The van der Waals surface area contributed by atoms with Gasteiger partial charge < -0.3 is 25.2 Å². The predicted molar refractivity (Wildman–Crippen MR) is 197 cm³/mol. The lowest BCUT2D eigenvalue weighted by Gasteiger charge is -2.46. The van der Waals surface area contributed by atoms with E-state index in [9.17, 15) is 19.8 Å². The fraction of sp³-hybridized carbons (Fsp3) is 0.488. The molecule has 50 heavy (non-hydrogen) atoms. The molecule has 6 atom stereocenters. The highest BCUT2D eigenvalue weighted by molar-refractivity contribution is 6.10. The Morgan fingerprint density at radius 2 is 1.74 bits per heavy atom. The van der Waals surface area contributed by atoms with Crippen molar-refractivity contribution < 1.29 is 24.5 Å². The maximum absolute atomic E-state index is 14.2. The zero-order chi connectivity index (χ0) is 35.3. The first-order valence-corrected chi connectivity index (χ1v) is 18.6. The molecule has 0 aromatic heterocycles. The van der Waals surface area contributed by atoms with E-state index in [-0.39, 0.29) is 36.4 Å². The SMILES string of the molecule is CC1=CCC[C@@]2(C)[C@@H](CC[C@@]2(O)CN(C[C@H]2CCCO2)C(=O)N[C@H](C)c2ccccc2)c2ccc(cc2C(=O)c2ccccc2)C[C@@H](O)CC1. The van der Waals surface area contributed by atoms with E-state index in [4.69, 9.17) is 4.74 Å². The van der Waals surface area contributed by atoms with E-state index in [1.165, 1.54) is 5.57 Å². The molecule has 4 aliphatic rings. The normalized spacial score (nSPS) is 27.5. The summed E-state index contributed by atoms with van der Waals surface area (Å²) in [5.74, 6) is -0.173. The third-order valence-electron chi connectivity index (χ3n) is 11.8. The van der Waals surface area contributed by atoms with Crippen LogP contribution in [0.25, 0.3) is 0 Å². The minimum atomic E-state index is -1.22. The number of rotatable bonds is 8. The van der Waals surface area contributed by atoms with Crippen LogP contribution in [-0.4, -0.2) is 64.4 Å². The number of carbonyl (C=O) groups excluding carboxylic acids is 2. The van der Waals surface area contributed by atoms with Crippen LogP contribution >= 0.6 is 0 Å². The molecule has 2 fully saturated rings. The van der Waals surface area contributed by atoms with Crippen molar-refractivity contribution in [3.05, 3.63) is 118 Å². The first kappa shape index (κ1) is 36.0. The number of urea groups is 1. The van der Waals surface area contributed by atoms with Crippen molar-refractivity contribution in [2.75, 3.05) is 19.7 Å². The molecule has 3 aromatic rings. The molecule has 2 bridgehead atoms. The van der Waals surface area contributed by atoms with E-state index >= 15 is 0 Å². The van der Waals surface area contributed by atoms with Gasteiger partial charge in [0.1, 0.15) is 0 Å². The highest BCUT2D eigenvalue weighted by atomic mass is 16.5. The van der Waals surface area contributed by atoms with Gasteiger partial charge in [-0.05, 0) is 100 Å². The van der Waals surface area contributed by atoms with Crippen molar-refractivity contribution in [3.63, 3.8) is 0 Å². The highest BCUT2D eigenvalue weighted by Crippen LogP contribution is 2.59. The Bertz CT molecular complexity index is 1650. The number of benzene rings is 3. The zero-order valence-electron chi connectivity index (χ0n) is 29.9. The Morgan fingerprint density at radius 1 is 1.00 bits per heavy atom. The summed E-state index contributed by atoms with van der Waals surface area (Å²) >= 11 is 0. The number of aliphatic hydroxyl groups is 2. The molecule has 7 nitrogen and oxygen atoms in total. The van der Waals surface area contributed by atoms with Gasteiger partial charge in [0.2, 0.25) is 0 Å². The first-order valence-electron chi connectivity index (χ1n) is 18.6. The summed E-state index contributed by atoms with van der Waals surface area (Å²) in [4.78, 5) is 30.2. The Kier molecular flexibility index (Phi) is 11.3. The number of ketones is 1. The van der Waals surface area contributed by atoms with E-state index < -0.39 is 17.1 Å². The standard InChI is InChI=1S/C43H54N2O5/c1-30-12-10-23-42(3)39(37-21-19-32(26-35(46)20-18-30)27-38(37)40(47)34-15-8-5-9-16-34)22-24-43(42,49)29-45(28-36-17-11-25-50-36)41(48)44-31(2)33-13-6-4-7-14-33/h4-9,12-16,19,21,27,31,35-36,39,46,49H,10-11,17-18,20,22-26,28-29H2,1-3H3,(H,44,48)/t31-,35+,36-,39+,42+,43-/m1/s1. The van der Waals surface area contributed by atoms with Gasteiger partial charge in [-0.3, -0.25) is 4.79 Å².